The summed E-state index contributed by atoms with van der Waals surface area (Å²) < 4.78 is 16.0. The van der Waals surface area contributed by atoms with Gasteiger partial charge in [-0.3, -0.25) is 4.79 Å². The van der Waals surface area contributed by atoms with Gasteiger partial charge in [0.15, 0.2) is 23.2 Å². The summed E-state index contributed by atoms with van der Waals surface area (Å²) in [5.41, 5.74) is 6.03. The van der Waals surface area contributed by atoms with Gasteiger partial charge < -0.3 is 19.5 Å². The lowest BCUT2D eigenvalue weighted by atomic mass is 10.1. The molecule has 1 amide bonds. The summed E-state index contributed by atoms with van der Waals surface area (Å²) in [5.74, 6) is -0.353. The standard InChI is InChI=1S/C29H26Cl2N4O5S/c1-3-38-25-14-18(13-23(31)27(25)40-16-26(36)39-4-2)15-32-35-28(37)20-7-5-19(6-8-20)24-17-41-29(34-24)33-22-11-9-21(30)10-12-22/h5-15,17H,3-4,16H2,1-2H3,(H,33,34)(H,35,37)/b32-15-. The lowest BCUT2D eigenvalue weighted by Gasteiger charge is -2.14. The van der Waals surface area contributed by atoms with E-state index in [1.54, 1.807) is 50.2 Å². The van der Waals surface area contributed by atoms with Gasteiger partial charge in [-0.2, -0.15) is 5.10 Å². The molecule has 1 aromatic heterocycles. The average molecular weight is 614 g/mol. The molecule has 9 nitrogen and oxygen atoms in total. The quantitative estimate of drug-likeness (QED) is 0.101. The molecule has 3 aromatic carbocycles. The number of carbonyl (C=O) groups is 2. The van der Waals surface area contributed by atoms with Gasteiger partial charge in [-0.1, -0.05) is 35.3 Å². The van der Waals surface area contributed by atoms with Crippen LogP contribution in [-0.2, 0) is 9.53 Å². The van der Waals surface area contributed by atoms with Crippen molar-refractivity contribution in [3.05, 3.63) is 87.2 Å². The van der Waals surface area contributed by atoms with Crippen LogP contribution in [0.5, 0.6) is 11.5 Å². The number of halogens is 2. The highest BCUT2D eigenvalue weighted by atomic mass is 35.5. The Hall–Kier alpha value is -4.12. The highest BCUT2D eigenvalue weighted by Gasteiger charge is 2.15. The molecule has 0 radical (unpaired) electrons. The molecule has 0 bridgehead atoms. The molecule has 0 aliphatic heterocycles. The minimum atomic E-state index is -0.519. The second-order valence-electron chi connectivity index (χ2n) is 8.30. The van der Waals surface area contributed by atoms with Crippen molar-refractivity contribution in [3.8, 4) is 22.8 Å². The summed E-state index contributed by atoms with van der Waals surface area (Å²) in [4.78, 5) is 28.9. The molecule has 0 atom stereocenters. The van der Waals surface area contributed by atoms with Crippen LogP contribution in [0.3, 0.4) is 0 Å². The Morgan fingerprint density at radius 2 is 1.76 bits per heavy atom. The number of esters is 1. The number of hydrogen-bond acceptors (Lipinski definition) is 9. The number of hydrogen-bond donors (Lipinski definition) is 2. The van der Waals surface area contributed by atoms with Crippen LogP contribution in [0.2, 0.25) is 10.0 Å². The van der Waals surface area contributed by atoms with Crippen molar-refractivity contribution >= 4 is 63.4 Å². The van der Waals surface area contributed by atoms with Crippen LogP contribution in [0.4, 0.5) is 10.8 Å². The molecule has 12 heteroatoms. The fourth-order valence-corrected chi connectivity index (χ4v) is 4.68. The van der Waals surface area contributed by atoms with Crippen molar-refractivity contribution in [1.82, 2.24) is 10.4 Å². The van der Waals surface area contributed by atoms with Crippen LogP contribution in [0.1, 0.15) is 29.8 Å². The first-order valence-corrected chi connectivity index (χ1v) is 14.2. The van der Waals surface area contributed by atoms with Gasteiger partial charge in [0.05, 0.1) is 30.1 Å². The number of benzene rings is 3. The summed E-state index contributed by atoms with van der Waals surface area (Å²) in [6.07, 6.45) is 1.43. The van der Waals surface area contributed by atoms with Gasteiger partial charge >= 0.3 is 5.97 Å². The van der Waals surface area contributed by atoms with E-state index in [0.29, 0.717) is 28.5 Å². The highest BCUT2D eigenvalue weighted by molar-refractivity contribution is 7.14. The lowest BCUT2D eigenvalue weighted by molar-refractivity contribution is -0.145. The summed E-state index contributed by atoms with van der Waals surface area (Å²) in [7, 11) is 0. The van der Waals surface area contributed by atoms with E-state index in [1.165, 1.54) is 17.6 Å². The van der Waals surface area contributed by atoms with E-state index in [0.717, 1.165) is 22.1 Å². The Bertz CT molecular complexity index is 1530. The van der Waals surface area contributed by atoms with Crippen molar-refractivity contribution in [2.24, 2.45) is 5.10 Å². The summed E-state index contributed by atoms with van der Waals surface area (Å²) >= 11 is 13.8. The summed E-state index contributed by atoms with van der Waals surface area (Å²) in [6.45, 7) is 3.80. The number of ether oxygens (including phenoxy) is 3. The number of aromatic nitrogens is 1. The summed E-state index contributed by atoms with van der Waals surface area (Å²) in [6, 6.07) is 17.6. The molecule has 0 unspecified atom stereocenters. The van der Waals surface area contributed by atoms with Crippen LogP contribution < -0.4 is 20.2 Å². The van der Waals surface area contributed by atoms with Crippen molar-refractivity contribution in [2.45, 2.75) is 13.8 Å². The third-order valence-electron chi connectivity index (χ3n) is 5.39. The zero-order chi connectivity index (χ0) is 29.2. The van der Waals surface area contributed by atoms with Gasteiger partial charge in [0.25, 0.3) is 5.91 Å². The Morgan fingerprint density at radius 1 is 1.00 bits per heavy atom. The number of rotatable bonds is 12. The second-order valence-corrected chi connectivity index (χ2v) is 10.0. The zero-order valence-electron chi connectivity index (χ0n) is 22.1. The van der Waals surface area contributed by atoms with Gasteiger partial charge in [0.1, 0.15) is 0 Å². The topological polar surface area (TPSA) is 111 Å². The summed E-state index contributed by atoms with van der Waals surface area (Å²) in [5, 5.41) is 10.8. The number of amides is 1. The Morgan fingerprint density at radius 3 is 2.46 bits per heavy atom. The largest absolute Gasteiger partial charge is 0.490 e. The first kappa shape index (κ1) is 29.9. The predicted molar refractivity (Wildman–Crippen MR) is 162 cm³/mol. The average Bonchev–Trinajstić information content (AvgIpc) is 3.43. The Labute approximate surface area is 251 Å². The molecule has 0 fully saturated rings. The third-order valence-corrected chi connectivity index (χ3v) is 6.68. The number of thiazole rings is 1. The predicted octanol–water partition coefficient (Wildman–Crippen LogP) is 6.97. The van der Waals surface area contributed by atoms with Crippen molar-refractivity contribution in [1.29, 1.82) is 0 Å². The Balaban J connectivity index is 1.36. The van der Waals surface area contributed by atoms with Gasteiger partial charge in [0, 0.05) is 27.2 Å². The first-order valence-electron chi connectivity index (χ1n) is 12.5. The third kappa shape index (κ3) is 8.43. The molecule has 0 saturated carbocycles. The molecule has 0 spiro atoms. The number of nitrogens with zero attached hydrogens (tertiary/aromatic N) is 2. The number of hydrazone groups is 1. The van der Waals surface area contributed by atoms with Crippen LogP contribution in [0.25, 0.3) is 11.3 Å². The maximum atomic E-state index is 12.6. The molecule has 1 heterocycles. The van der Waals surface area contributed by atoms with E-state index in [9.17, 15) is 9.59 Å². The van der Waals surface area contributed by atoms with Crippen molar-refractivity contribution in [3.63, 3.8) is 0 Å². The van der Waals surface area contributed by atoms with E-state index >= 15 is 0 Å². The van der Waals surface area contributed by atoms with E-state index in [2.05, 4.69) is 20.8 Å². The SMILES string of the molecule is CCOC(=O)COc1c(Cl)cc(/C=N\NC(=O)c2ccc(-c3csc(Nc4ccc(Cl)cc4)n3)cc2)cc1OCC. The van der Waals surface area contributed by atoms with Gasteiger partial charge in [-0.15, -0.1) is 11.3 Å². The van der Waals surface area contributed by atoms with E-state index in [-0.39, 0.29) is 29.9 Å². The lowest BCUT2D eigenvalue weighted by Crippen LogP contribution is -2.17. The van der Waals surface area contributed by atoms with Crippen molar-refractivity contribution < 1.29 is 23.8 Å². The maximum Gasteiger partial charge on any atom is 0.344 e. The molecule has 212 valence electrons. The van der Waals surface area contributed by atoms with Crippen LogP contribution in [0.15, 0.2) is 71.1 Å². The maximum absolute atomic E-state index is 12.6. The van der Waals surface area contributed by atoms with Crippen LogP contribution >= 0.6 is 34.5 Å². The van der Waals surface area contributed by atoms with Crippen LogP contribution in [0, 0.1) is 0 Å². The van der Waals surface area contributed by atoms with Crippen molar-refractivity contribution in [2.75, 3.05) is 25.1 Å². The van der Waals surface area contributed by atoms with E-state index in [1.807, 2.05) is 29.6 Å². The van der Waals surface area contributed by atoms with Gasteiger partial charge in [0.2, 0.25) is 0 Å². The van der Waals surface area contributed by atoms with Gasteiger partial charge in [-0.05, 0) is 67.9 Å². The molecular weight excluding hydrogens is 587 g/mol. The second kappa shape index (κ2) is 14.5. The molecule has 4 rings (SSSR count). The smallest absolute Gasteiger partial charge is 0.344 e. The normalized spacial score (nSPS) is 10.8. The zero-order valence-corrected chi connectivity index (χ0v) is 24.5. The number of anilines is 2. The van der Waals surface area contributed by atoms with E-state index in [4.69, 9.17) is 37.4 Å². The Kier molecular flexibility index (Phi) is 10.6. The molecule has 4 aromatic rings. The minimum absolute atomic E-state index is 0.218. The number of nitrogens with one attached hydrogen (secondary N) is 2. The molecule has 2 N–H and O–H groups in total. The molecule has 0 aliphatic carbocycles. The highest BCUT2D eigenvalue weighted by Crippen LogP contribution is 2.36. The number of carbonyl (C=O) groups excluding carboxylic acids is 2. The fourth-order valence-electron chi connectivity index (χ4n) is 3.54. The fraction of sp³-hybridized carbons (Fsp3) is 0.172. The molecular formula is C29H26Cl2N4O5S. The minimum Gasteiger partial charge on any atom is -0.490 e. The molecule has 0 aliphatic rings. The van der Waals surface area contributed by atoms with E-state index < -0.39 is 5.97 Å². The van der Waals surface area contributed by atoms with Crippen LogP contribution in [-0.4, -0.2) is 42.9 Å². The van der Waals surface area contributed by atoms with Gasteiger partial charge in [-0.25, -0.2) is 15.2 Å². The molecule has 0 saturated heterocycles. The first-order chi connectivity index (χ1) is 19.9. The monoisotopic (exact) mass is 612 g/mol. The molecule has 41 heavy (non-hydrogen) atoms.